The van der Waals surface area contributed by atoms with Crippen LogP contribution in [0.3, 0.4) is 0 Å². The summed E-state index contributed by atoms with van der Waals surface area (Å²) < 4.78 is 21.9. The van der Waals surface area contributed by atoms with Crippen molar-refractivity contribution in [1.29, 1.82) is 0 Å². The highest BCUT2D eigenvalue weighted by Gasteiger charge is 2.32. The largest absolute Gasteiger partial charge is 0.379 e. The van der Waals surface area contributed by atoms with E-state index in [0.717, 1.165) is 0 Å². The minimum atomic E-state index is -1.50. The highest BCUT2D eigenvalue weighted by Crippen LogP contribution is 2.30. The molecule has 0 aromatic heterocycles. The molecule has 0 amide bonds. The third-order valence-corrected chi connectivity index (χ3v) is 3.82. The summed E-state index contributed by atoms with van der Waals surface area (Å²) in [6, 6.07) is 18.7. The molecule has 0 unspecified atom stereocenters. The molecule has 0 saturated carbocycles. The van der Waals surface area contributed by atoms with Crippen LogP contribution in [0.2, 0.25) is 0 Å². The van der Waals surface area contributed by atoms with E-state index in [1.807, 2.05) is 67.6 Å². The molecule has 0 aliphatic carbocycles. The van der Waals surface area contributed by atoms with E-state index >= 15 is 0 Å². The molecule has 0 aliphatic rings. The van der Waals surface area contributed by atoms with Gasteiger partial charge in [-0.15, -0.1) is 0 Å². The molecule has 2 rings (SSSR count). The van der Waals surface area contributed by atoms with Crippen LogP contribution in [0.25, 0.3) is 0 Å². The summed E-state index contributed by atoms with van der Waals surface area (Å²) in [6.45, 7) is 5.43. The van der Waals surface area contributed by atoms with Gasteiger partial charge in [0.25, 0.3) is 0 Å². The molecule has 1 N–H and O–H groups in total. The van der Waals surface area contributed by atoms with Gasteiger partial charge in [-0.1, -0.05) is 60.7 Å². The van der Waals surface area contributed by atoms with Gasteiger partial charge in [-0.3, -0.25) is 0 Å². The fraction of sp³-hybridized carbons (Fsp3) is 0.429. The zero-order valence-corrected chi connectivity index (χ0v) is 15.3. The molecule has 0 heterocycles. The summed E-state index contributed by atoms with van der Waals surface area (Å²) in [7, 11) is 0. The minimum Gasteiger partial charge on any atom is -0.379 e. The van der Waals surface area contributed by atoms with Gasteiger partial charge < -0.3 is 24.1 Å². The number of ether oxygens (including phenoxy) is 4. The van der Waals surface area contributed by atoms with Crippen LogP contribution in [0.4, 0.5) is 0 Å². The zero-order valence-electron chi connectivity index (χ0n) is 15.3. The second-order valence-corrected chi connectivity index (χ2v) is 5.65. The van der Waals surface area contributed by atoms with E-state index in [4.69, 9.17) is 18.9 Å². The molecule has 2 aromatic rings. The summed E-state index contributed by atoms with van der Waals surface area (Å²) >= 11 is 0. The third kappa shape index (κ3) is 6.52. The number of rotatable bonds is 13. The van der Waals surface area contributed by atoms with Crippen molar-refractivity contribution in [1.82, 2.24) is 0 Å². The Balaban J connectivity index is 1.78. The predicted molar refractivity (Wildman–Crippen MR) is 100.0 cm³/mol. The SMILES string of the molecule is CCOCCOCCOCCOC(O)(c1ccccc1)c1ccccc1. The van der Waals surface area contributed by atoms with Gasteiger partial charge in [0.15, 0.2) is 0 Å². The third-order valence-electron chi connectivity index (χ3n) is 3.82. The van der Waals surface area contributed by atoms with Gasteiger partial charge in [-0.2, -0.15) is 0 Å². The Labute approximate surface area is 155 Å². The second-order valence-electron chi connectivity index (χ2n) is 5.65. The van der Waals surface area contributed by atoms with Crippen LogP contribution in [-0.4, -0.2) is 51.4 Å². The molecular formula is C21H28O5. The lowest BCUT2D eigenvalue weighted by molar-refractivity contribution is -0.188. The maximum Gasteiger partial charge on any atom is 0.219 e. The fourth-order valence-corrected chi connectivity index (χ4v) is 2.49. The predicted octanol–water partition coefficient (Wildman–Crippen LogP) is 2.97. The van der Waals surface area contributed by atoms with Gasteiger partial charge in [-0.25, -0.2) is 0 Å². The maximum atomic E-state index is 11.2. The van der Waals surface area contributed by atoms with E-state index < -0.39 is 5.79 Å². The molecule has 2 aromatic carbocycles. The average molecular weight is 360 g/mol. The van der Waals surface area contributed by atoms with Crippen LogP contribution in [0.5, 0.6) is 0 Å². The first-order chi connectivity index (χ1) is 12.8. The minimum absolute atomic E-state index is 0.263. The first-order valence-electron chi connectivity index (χ1n) is 8.98. The number of hydrogen-bond acceptors (Lipinski definition) is 5. The van der Waals surface area contributed by atoms with Gasteiger partial charge in [0, 0.05) is 17.7 Å². The Bertz CT molecular complexity index is 548. The molecule has 0 spiro atoms. The Kier molecular flexibility index (Phi) is 9.31. The van der Waals surface area contributed by atoms with E-state index in [1.54, 1.807) is 0 Å². The van der Waals surface area contributed by atoms with E-state index in [-0.39, 0.29) is 6.61 Å². The van der Waals surface area contributed by atoms with Crippen LogP contribution in [0.1, 0.15) is 18.1 Å². The Hall–Kier alpha value is -1.76. The molecule has 0 fully saturated rings. The smallest absolute Gasteiger partial charge is 0.219 e. The molecule has 5 nitrogen and oxygen atoms in total. The van der Waals surface area contributed by atoms with Crippen molar-refractivity contribution >= 4 is 0 Å². The number of hydrogen-bond donors (Lipinski definition) is 1. The second kappa shape index (κ2) is 11.8. The van der Waals surface area contributed by atoms with Crippen LogP contribution in [0.15, 0.2) is 60.7 Å². The average Bonchev–Trinajstić information content (AvgIpc) is 2.70. The molecule has 0 aliphatic heterocycles. The highest BCUT2D eigenvalue weighted by atomic mass is 16.6. The van der Waals surface area contributed by atoms with Crippen molar-refractivity contribution in [3.63, 3.8) is 0 Å². The van der Waals surface area contributed by atoms with Crippen LogP contribution in [-0.2, 0) is 24.7 Å². The van der Waals surface area contributed by atoms with Crippen molar-refractivity contribution in [3.05, 3.63) is 71.8 Å². The first kappa shape index (κ1) is 20.6. The van der Waals surface area contributed by atoms with Gasteiger partial charge in [0.05, 0.1) is 39.6 Å². The summed E-state index contributed by atoms with van der Waals surface area (Å²) in [5, 5.41) is 11.2. The Morgan fingerprint density at radius 2 is 1.08 bits per heavy atom. The monoisotopic (exact) mass is 360 g/mol. The van der Waals surface area contributed by atoms with E-state index in [0.29, 0.717) is 50.8 Å². The van der Waals surface area contributed by atoms with E-state index in [9.17, 15) is 5.11 Å². The molecule has 0 atom stereocenters. The van der Waals surface area contributed by atoms with Crippen LogP contribution < -0.4 is 0 Å². The lowest BCUT2D eigenvalue weighted by atomic mass is 9.97. The molecule has 5 heteroatoms. The molecule has 0 saturated heterocycles. The van der Waals surface area contributed by atoms with Crippen LogP contribution in [0, 0.1) is 0 Å². The molecular weight excluding hydrogens is 332 g/mol. The van der Waals surface area contributed by atoms with Crippen molar-refractivity contribution in [3.8, 4) is 0 Å². The summed E-state index contributed by atoms with van der Waals surface area (Å²) in [5.41, 5.74) is 1.37. The highest BCUT2D eigenvalue weighted by molar-refractivity contribution is 5.33. The Morgan fingerprint density at radius 1 is 0.654 bits per heavy atom. The van der Waals surface area contributed by atoms with Crippen molar-refractivity contribution in [2.45, 2.75) is 12.7 Å². The standard InChI is InChI=1S/C21H28O5/c1-2-23-13-14-24-15-16-25-17-18-26-21(22,19-9-5-3-6-10-19)20-11-7-4-8-12-20/h3-12,22H,2,13-18H2,1H3. The molecule has 26 heavy (non-hydrogen) atoms. The Morgan fingerprint density at radius 3 is 1.54 bits per heavy atom. The summed E-state index contributed by atoms with van der Waals surface area (Å²) in [4.78, 5) is 0. The number of aliphatic hydroxyl groups is 1. The quantitative estimate of drug-likeness (QED) is 0.440. The van der Waals surface area contributed by atoms with E-state index in [1.165, 1.54) is 0 Å². The van der Waals surface area contributed by atoms with Gasteiger partial charge in [0.2, 0.25) is 5.79 Å². The molecule has 0 radical (unpaired) electrons. The lowest BCUT2D eigenvalue weighted by Crippen LogP contribution is -2.32. The zero-order chi connectivity index (χ0) is 18.5. The summed E-state index contributed by atoms with van der Waals surface area (Å²) in [6.07, 6.45) is 0. The van der Waals surface area contributed by atoms with Gasteiger partial charge in [0.1, 0.15) is 0 Å². The first-order valence-corrected chi connectivity index (χ1v) is 8.98. The van der Waals surface area contributed by atoms with Gasteiger partial charge >= 0.3 is 0 Å². The van der Waals surface area contributed by atoms with Crippen molar-refractivity contribution < 1.29 is 24.1 Å². The lowest BCUT2D eigenvalue weighted by Gasteiger charge is -2.29. The molecule has 142 valence electrons. The van der Waals surface area contributed by atoms with E-state index in [2.05, 4.69) is 0 Å². The van der Waals surface area contributed by atoms with Crippen LogP contribution >= 0.6 is 0 Å². The fourth-order valence-electron chi connectivity index (χ4n) is 2.49. The molecule has 0 bridgehead atoms. The normalized spacial score (nSPS) is 11.6. The topological polar surface area (TPSA) is 57.2 Å². The summed E-state index contributed by atoms with van der Waals surface area (Å²) in [5.74, 6) is -1.50. The van der Waals surface area contributed by atoms with Crippen molar-refractivity contribution in [2.75, 3.05) is 46.2 Å². The van der Waals surface area contributed by atoms with Crippen molar-refractivity contribution in [2.24, 2.45) is 0 Å². The van der Waals surface area contributed by atoms with Gasteiger partial charge in [-0.05, 0) is 6.92 Å². The number of benzene rings is 2. The maximum absolute atomic E-state index is 11.2.